The minimum atomic E-state index is -0.879. The molecule has 114 valence electrons. The Labute approximate surface area is 128 Å². The molecule has 6 heteroatoms. The van der Waals surface area contributed by atoms with E-state index in [0.717, 1.165) is 18.4 Å². The van der Waals surface area contributed by atoms with Crippen molar-refractivity contribution >= 4 is 23.2 Å². The van der Waals surface area contributed by atoms with Crippen molar-refractivity contribution in [2.24, 2.45) is 0 Å². The summed E-state index contributed by atoms with van der Waals surface area (Å²) in [7, 11) is 0. The van der Waals surface area contributed by atoms with E-state index in [1.807, 2.05) is 21.7 Å². The third-order valence-corrected chi connectivity index (χ3v) is 5.21. The summed E-state index contributed by atoms with van der Waals surface area (Å²) in [6.45, 7) is 1.50. The molecule has 2 aliphatic rings. The molecule has 2 fully saturated rings. The number of hydrogen-bond donors (Lipinski definition) is 1. The number of piperazine rings is 1. The number of hydrogen-bond acceptors (Lipinski definition) is 4. The molecule has 0 spiro atoms. The van der Waals surface area contributed by atoms with Gasteiger partial charge >= 0.3 is 5.97 Å². The Morgan fingerprint density at radius 1 is 1.33 bits per heavy atom. The fraction of sp³-hybridized carbons (Fsp3) is 0.600. The molecule has 3 rings (SSSR count). The lowest BCUT2D eigenvalue weighted by Crippen LogP contribution is -2.55. The lowest BCUT2D eigenvalue weighted by Gasteiger charge is -2.39. The Kier molecular flexibility index (Phi) is 4.26. The summed E-state index contributed by atoms with van der Waals surface area (Å²) < 4.78 is 0. The average Bonchev–Trinajstić information content (AvgIpc) is 3.11. The maximum Gasteiger partial charge on any atom is 0.325 e. The fourth-order valence-corrected chi connectivity index (χ4v) is 4.15. The second-order valence-corrected chi connectivity index (χ2v) is 6.57. The number of amides is 1. The maximum atomic E-state index is 12.4. The van der Waals surface area contributed by atoms with Crippen LogP contribution in [-0.2, 0) is 9.59 Å². The van der Waals surface area contributed by atoms with Crippen LogP contribution in [0.1, 0.15) is 37.3 Å². The van der Waals surface area contributed by atoms with Crippen LogP contribution in [0.5, 0.6) is 0 Å². The zero-order chi connectivity index (χ0) is 14.8. The number of aliphatic carboxylic acids is 1. The molecule has 1 N–H and O–H groups in total. The van der Waals surface area contributed by atoms with Gasteiger partial charge in [0.1, 0.15) is 6.04 Å². The summed E-state index contributed by atoms with van der Waals surface area (Å²) in [5.74, 6) is -0.801. The first-order valence-corrected chi connectivity index (χ1v) is 8.39. The number of carbonyl (C=O) groups excluding carboxylic acids is 1. The highest BCUT2D eigenvalue weighted by Gasteiger charge is 2.36. The predicted molar refractivity (Wildman–Crippen MR) is 80.2 cm³/mol. The Morgan fingerprint density at radius 2 is 2.10 bits per heavy atom. The molecule has 0 aromatic carbocycles. The number of carboxylic acids is 1. The van der Waals surface area contributed by atoms with E-state index < -0.39 is 12.0 Å². The van der Waals surface area contributed by atoms with Crippen LogP contribution in [0.2, 0.25) is 0 Å². The maximum absolute atomic E-state index is 12.4. The molecule has 0 radical (unpaired) electrons. The van der Waals surface area contributed by atoms with E-state index in [1.165, 1.54) is 24.2 Å². The van der Waals surface area contributed by atoms with Crippen LogP contribution in [0, 0.1) is 0 Å². The molecule has 1 aliphatic carbocycles. The van der Waals surface area contributed by atoms with Crippen molar-refractivity contribution < 1.29 is 14.7 Å². The number of nitrogens with zero attached hydrogens (tertiary/aromatic N) is 2. The number of carboxylic acid groups (broad SMARTS) is 1. The molecule has 0 bridgehead atoms. The van der Waals surface area contributed by atoms with Crippen molar-refractivity contribution in [1.82, 2.24) is 9.80 Å². The molecule has 1 aromatic rings. The van der Waals surface area contributed by atoms with Crippen LogP contribution in [0.3, 0.4) is 0 Å². The van der Waals surface area contributed by atoms with Crippen molar-refractivity contribution in [2.75, 3.05) is 19.6 Å². The van der Waals surface area contributed by atoms with Crippen molar-refractivity contribution in [2.45, 2.75) is 37.8 Å². The molecular formula is C15H20N2O3S. The minimum absolute atomic E-state index is 0.0784. The molecule has 1 aliphatic heterocycles. The zero-order valence-corrected chi connectivity index (χ0v) is 12.7. The van der Waals surface area contributed by atoms with Crippen LogP contribution in [0.25, 0.3) is 0 Å². The summed E-state index contributed by atoms with van der Waals surface area (Å²) in [5, 5.41) is 13.2. The summed E-state index contributed by atoms with van der Waals surface area (Å²) in [5.41, 5.74) is 0.773. The van der Waals surface area contributed by atoms with Crippen LogP contribution in [-0.4, -0.2) is 52.5 Å². The van der Waals surface area contributed by atoms with Gasteiger partial charge < -0.3 is 10.0 Å². The van der Waals surface area contributed by atoms with Gasteiger partial charge in [-0.25, -0.2) is 0 Å². The SMILES string of the molecule is O=C(O)C(c1ccsc1)N1CCN(C2CCCC2)C(=O)C1. The van der Waals surface area contributed by atoms with Crippen molar-refractivity contribution in [3.8, 4) is 0 Å². The van der Waals surface area contributed by atoms with Crippen molar-refractivity contribution in [1.29, 1.82) is 0 Å². The van der Waals surface area contributed by atoms with E-state index in [9.17, 15) is 14.7 Å². The van der Waals surface area contributed by atoms with Crippen molar-refractivity contribution in [3.63, 3.8) is 0 Å². The molecule has 1 aromatic heterocycles. The zero-order valence-electron chi connectivity index (χ0n) is 11.9. The predicted octanol–water partition coefficient (Wildman–Crippen LogP) is 1.96. The lowest BCUT2D eigenvalue weighted by molar-refractivity contribution is -0.148. The van der Waals surface area contributed by atoms with E-state index in [0.29, 0.717) is 19.1 Å². The first kappa shape index (κ1) is 14.5. The summed E-state index contributed by atoms with van der Waals surface area (Å²) in [4.78, 5) is 27.7. The monoisotopic (exact) mass is 308 g/mol. The largest absolute Gasteiger partial charge is 0.480 e. The third kappa shape index (κ3) is 2.96. The van der Waals surface area contributed by atoms with Gasteiger partial charge in [-0.1, -0.05) is 12.8 Å². The molecular weight excluding hydrogens is 288 g/mol. The van der Waals surface area contributed by atoms with Gasteiger partial charge in [0.05, 0.1) is 6.54 Å². The molecule has 1 atom stereocenters. The Morgan fingerprint density at radius 3 is 2.67 bits per heavy atom. The van der Waals surface area contributed by atoms with Crippen LogP contribution in [0.4, 0.5) is 0 Å². The summed E-state index contributed by atoms with van der Waals surface area (Å²) in [6, 6.07) is 1.51. The highest BCUT2D eigenvalue weighted by molar-refractivity contribution is 7.08. The van der Waals surface area contributed by atoms with Crippen molar-refractivity contribution in [3.05, 3.63) is 22.4 Å². The molecule has 5 nitrogen and oxygen atoms in total. The molecule has 1 unspecified atom stereocenters. The molecule has 2 heterocycles. The Hall–Kier alpha value is -1.40. The van der Waals surface area contributed by atoms with E-state index in [1.54, 1.807) is 4.90 Å². The van der Waals surface area contributed by atoms with Crippen LogP contribution >= 0.6 is 11.3 Å². The van der Waals surface area contributed by atoms with Gasteiger partial charge in [0.2, 0.25) is 5.91 Å². The highest BCUT2D eigenvalue weighted by atomic mass is 32.1. The van der Waals surface area contributed by atoms with Gasteiger partial charge in [-0.15, -0.1) is 0 Å². The smallest absolute Gasteiger partial charge is 0.325 e. The second kappa shape index (κ2) is 6.15. The summed E-state index contributed by atoms with van der Waals surface area (Å²) >= 11 is 1.49. The van der Waals surface area contributed by atoms with Gasteiger partial charge in [0.15, 0.2) is 0 Å². The topological polar surface area (TPSA) is 60.9 Å². The van der Waals surface area contributed by atoms with E-state index >= 15 is 0 Å². The quantitative estimate of drug-likeness (QED) is 0.923. The Balaban J connectivity index is 1.70. The first-order chi connectivity index (χ1) is 10.2. The third-order valence-electron chi connectivity index (χ3n) is 4.51. The van der Waals surface area contributed by atoms with Gasteiger partial charge in [0.25, 0.3) is 0 Å². The minimum Gasteiger partial charge on any atom is -0.480 e. The van der Waals surface area contributed by atoms with E-state index in [4.69, 9.17) is 0 Å². The average molecular weight is 308 g/mol. The van der Waals surface area contributed by atoms with Gasteiger partial charge in [0, 0.05) is 19.1 Å². The number of carbonyl (C=O) groups is 2. The molecule has 1 saturated carbocycles. The summed E-state index contributed by atoms with van der Waals surface area (Å²) in [6.07, 6.45) is 4.59. The second-order valence-electron chi connectivity index (χ2n) is 5.79. The molecule has 1 amide bonds. The number of rotatable bonds is 4. The van der Waals surface area contributed by atoms with E-state index in [-0.39, 0.29) is 12.5 Å². The van der Waals surface area contributed by atoms with Gasteiger partial charge in [-0.3, -0.25) is 14.5 Å². The normalized spacial score (nSPS) is 22.7. The molecule has 21 heavy (non-hydrogen) atoms. The Bertz CT molecular complexity index is 511. The molecule has 1 saturated heterocycles. The first-order valence-electron chi connectivity index (χ1n) is 7.45. The fourth-order valence-electron chi connectivity index (χ4n) is 3.47. The number of thiophene rings is 1. The lowest BCUT2D eigenvalue weighted by atomic mass is 10.1. The van der Waals surface area contributed by atoms with E-state index in [2.05, 4.69) is 0 Å². The van der Waals surface area contributed by atoms with Crippen LogP contribution < -0.4 is 0 Å². The highest BCUT2D eigenvalue weighted by Crippen LogP contribution is 2.28. The standard InChI is InChI=1S/C15H20N2O3S/c18-13-9-16(6-7-17(13)12-3-1-2-4-12)14(15(19)20)11-5-8-21-10-11/h5,8,10,12,14H,1-4,6-7,9H2,(H,19,20). The van der Waals surface area contributed by atoms with Crippen LogP contribution in [0.15, 0.2) is 16.8 Å². The van der Waals surface area contributed by atoms with Gasteiger partial charge in [-0.2, -0.15) is 11.3 Å². The van der Waals surface area contributed by atoms with Gasteiger partial charge in [-0.05, 0) is 35.2 Å².